The molecule has 0 aliphatic carbocycles. The van der Waals surface area contributed by atoms with Crippen LogP contribution in [0.1, 0.15) is 11.1 Å². The number of hydrogen-bond donors (Lipinski definition) is 1. The highest BCUT2D eigenvalue weighted by Gasteiger charge is 2.07. The van der Waals surface area contributed by atoms with Gasteiger partial charge in [-0.15, -0.1) is 5.54 Å². The lowest BCUT2D eigenvalue weighted by Gasteiger charge is -2.03. The van der Waals surface area contributed by atoms with Crippen LogP contribution in [0.25, 0.3) is 0 Å². The van der Waals surface area contributed by atoms with Crippen LogP contribution >= 0.6 is 0 Å². The molecular weight excluding hydrogens is 272 g/mol. The molecule has 0 spiro atoms. The van der Waals surface area contributed by atoms with Crippen molar-refractivity contribution in [1.29, 1.82) is 0 Å². The van der Waals surface area contributed by atoms with Gasteiger partial charge in [0, 0.05) is 5.56 Å². The Hall–Kier alpha value is -2.31. The smallest absolute Gasteiger partial charge is 0.129 e. The predicted molar refractivity (Wildman–Crippen MR) is 94.3 cm³/mol. The van der Waals surface area contributed by atoms with E-state index in [1.807, 2.05) is 60.8 Å². The number of para-hydroxylation sites is 1. The second-order valence-corrected chi connectivity index (χ2v) is 10.6. The summed E-state index contributed by atoms with van der Waals surface area (Å²) in [5.74, 6) is 3.25. The molecule has 0 atom stereocenters. The predicted octanol–water partition coefficient (Wildman–Crippen LogP) is 4.36. The van der Waals surface area contributed by atoms with Crippen molar-refractivity contribution in [2.24, 2.45) is 5.10 Å². The third kappa shape index (κ3) is 5.68. The van der Waals surface area contributed by atoms with Crippen LogP contribution in [-0.4, -0.2) is 14.3 Å². The van der Waals surface area contributed by atoms with Gasteiger partial charge in [0.2, 0.25) is 0 Å². The van der Waals surface area contributed by atoms with Crippen LogP contribution in [0.15, 0.2) is 59.7 Å². The van der Waals surface area contributed by atoms with Gasteiger partial charge in [-0.05, 0) is 29.8 Å². The summed E-state index contributed by atoms with van der Waals surface area (Å²) in [7, 11) is -1.31. The fourth-order valence-corrected chi connectivity index (χ4v) is 2.13. The first-order chi connectivity index (χ1) is 10.0. The molecule has 0 saturated carbocycles. The minimum absolute atomic E-state index is 0.978. The first kappa shape index (κ1) is 15.1. The van der Waals surface area contributed by atoms with Crippen LogP contribution in [-0.2, 0) is 0 Å². The maximum atomic E-state index is 4.22. The largest absolute Gasteiger partial charge is 0.279 e. The Morgan fingerprint density at radius 1 is 0.952 bits per heavy atom. The highest BCUT2D eigenvalue weighted by molar-refractivity contribution is 6.83. The average molecular weight is 292 g/mol. The van der Waals surface area contributed by atoms with E-state index in [1.54, 1.807) is 0 Å². The summed E-state index contributed by atoms with van der Waals surface area (Å²) in [5, 5.41) is 4.22. The molecule has 2 aromatic rings. The molecular formula is C18H20N2Si. The second kappa shape index (κ2) is 6.92. The summed E-state index contributed by atoms with van der Waals surface area (Å²) in [6.45, 7) is 6.74. The minimum atomic E-state index is -1.31. The van der Waals surface area contributed by atoms with Crippen LogP contribution in [0.4, 0.5) is 5.69 Å². The van der Waals surface area contributed by atoms with Gasteiger partial charge in [-0.25, -0.2) is 0 Å². The zero-order valence-electron chi connectivity index (χ0n) is 12.7. The Morgan fingerprint density at radius 3 is 2.24 bits per heavy atom. The maximum Gasteiger partial charge on any atom is 0.129 e. The van der Waals surface area contributed by atoms with Gasteiger partial charge in [-0.2, -0.15) is 5.10 Å². The molecule has 0 unspecified atom stereocenters. The first-order valence-electron chi connectivity index (χ1n) is 7.00. The van der Waals surface area contributed by atoms with Gasteiger partial charge in [0.05, 0.1) is 11.9 Å². The molecule has 106 valence electrons. The summed E-state index contributed by atoms with van der Waals surface area (Å²) in [5.41, 5.74) is 9.46. The van der Waals surface area contributed by atoms with Gasteiger partial charge in [-0.3, -0.25) is 5.43 Å². The molecule has 0 fully saturated rings. The molecule has 2 aromatic carbocycles. The molecule has 3 heteroatoms. The molecule has 2 nitrogen and oxygen atoms in total. The van der Waals surface area contributed by atoms with Crippen molar-refractivity contribution in [2.75, 3.05) is 5.43 Å². The Morgan fingerprint density at radius 2 is 1.62 bits per heavy atom. The number of benzene rings is 2. The average Bonchev–Trinajstić information content (AvgIpc) is 2.47. The maximum absolute atomic E-state index is 4.22. The quantitative estimate of drug-likeness (QED) is 0.386. The van der Waals surface area contributed by atoms with Crippen molar-refractivity contribution in [3.8, 4) is 11.5 Å². The summed E-state index contributed by atoms with van der Waals surface area (Å²) in [4.78, 5) is 0. The molecule has 0 aliphatic heterocycles. The van der Waals surface area contributed by atoms with E-state index in [0.29, 0.717) is 0 Å². The van der Waals surface area contributed by atoms with Gasteiger partial charge < -0.3 is 0 Å². The molecule has 0 bridgehead atoms. The number of nitrogens with zero attached hydrogens (tertiary/aromatic N) is 1. The van der Waals surface area contributed by atoms with Crippen molar-refractivity contribution in [3.05, 3.63) is 65.7 Å². The topological polar surface area (TPSA) is 24.4 Å². The van der Waals surface area contributed by atoms with Gasteiger partial charge >= 0.3 is 0 Å². The third-order valence-corrected chi connectivity index (χ3v) is 3.55. The lowest BCUT2D eigenvalue weighted by molar-refractivity contribution is 1.35. The SMILES string of the molecule is C[Si](C)(C)C#Cc1ccc(C=NNc2ccccc2)cc1. The van der Waals surface area contributed by atoms with Crippen LogP contribution < -0.4 is 5.43 Å². The number of rotatable bonds is 3. The number of hydrazone groups is 1. The summed E-state index contributed by atoms with van der Waals surface area (Å²) < 4.78 is 0. The fourth-order valence-electron chi connectivity index (χ4n) is 1.61. The fraction of sp³-hybridized carbons (Fsp3) is 0.167. The van der Waals surface area contributed by atoms with E-state index in [2.05, 4.69) is 41.6 Å². The van der Waals surface area contributed by atoms with Crippen LogP contribution in [0.2, 0.25) is 19.6 Å². The number of nitrogens with one attached hydrogen (secondary N) is 1. The standard InChI is InChI=1S/C18H20N2Si/c1-21(2,3)14-13-16-9-11-17(12-10-16)15-19-20-18-7-5-4-6-8-18/h4-12,15,20H,1-3H3. The van der Waals surface area contributed by atoms with E-state index < -0.39 is 8.07 Å². The molecule has 21 heavy (non-hydrogen) atoms. The number of hydrogen-bond acceptors (Lipinski definition) is 2. The van der Waals surface area contributed by atoms with Crippen LogP contribution in [0.3, 0.4) is 0 Å². The summed E-state index contributed by atoms with van der Waals surface area (Å²) >= 11 is 0. The third-order valence-electron chi connectivity index (χ3n) is 2.67. The van der Waals surface area contributed by atoms with Crippen LogP contribution in [0, 0.1) is 11.5 Å². The molecule has 0 heterocycles. The van der Waals surface area contributed by atoms with Crippen molar-refractivity contribution in [1.82, 2.24) is 0 Å². The Bertz CT molecular complexity index is 656. The van der Waals surface area contributed by atoms with Crippen LogP contribution in [0.5, 0.6) is 0 Å². The summed E-state index contributed by atoms with van der Waals surface area (Å²) in [6.07, 6.45) is 1.81. The van der Waals surface area contributed by atoms with Gasteiger partial charge in [0.15, 0.2) is 0 Å². The van der Waals surface area contributed by atoms with Crippen molar-refractivity contribution < 1.29 is 0 Å². The van der Waals surface area contributed by atoms with E-state index in [1.165, 1.54) is 0 Å². The van der Waals surface area contributed by atoms with E-state index >= 15 is 0 Å². The minimum Gasteiger partial charge on any atom is -0.279 e. The molecule has 1 N–H and O–H groups in total. The van der Waals surface area contributed by atoms with Crippen molar-refractivity contribution in [2.45, 2.75) is 19.6 Å². The Balaban J connectivity index is 1.97. The zero-order chi connectivity index (χ0) is 15.1. The monoisotopic (exact) mass is 292 g/mol. The lowest BCUT2D eigenvalue weighted by Crippen LogP contribution is -2.16. The molecule has 0 aromatic heterocycles. The van der Waals surface area contributed by atoms with Gasteiger partial charge in [0.25, 0.3) is 0 Å². The number of anilines is 1. The molecule has 0 radical (unpaired) electrons. The summed E-state index contributed by atoms with van der Waals surface area (Å²) in [6, 6.07) is 18.0. The highest BCUT2D eigenvalue weighted by atomic mass is 28.3. The van der Waals surface area contributed by atoms with Gasteiger partial charge in [0.1, 0.15) is 8.07 Å². The van der Waals surface area contributed by atoms with Crippen molar-refractivity contribution >= 4 is 20.0 Å². The lowest BCUT2D eigenvalue weighted by atomic mass is 10.1. The normalized spacial score (nSPS) is 11.0. The Kier molecular flexibility index (Phi) is 4.97. The molecule has 2 rings (SSSR count). The van der Waals surface area contributed by atoms with E-state index in [-0.39, 0.29) is 0 Å². The first-order valence-corrected chi connectivity index (χ1v) is 10.5. The van der Waals surface area contributed by atoms with E-state index in [4.69, 9.17) is 0 Å². The highest BCUT2D eigenvalue weighted by Crippen LogP contribution is 2.06. The molecule has 0 amide bonds. The van der Waals surface area contributed by atoms with E-state index in [0.717, 1.165) is 16.8 Å². The molecule has 0 saturated heterocycles. The van der Waals surface area contributed by atoms with E-state index in [9.17, 15) is 0 Å². The Labute approximate surface area is 127 Å². The van der Waals surface area contributed by atoms with Crippen molar-refractivity contribution in [3.63, 3.8) is 0 Å². The second-order valence-electron chi connectivity index (χ2n) is 5.86. The zero-order valence-corrected chi connectivity index (χ0v) is 13.7. The molecule has 0 aliphatic rings. The van der Waals surface area contributed by atoms with Gasteiger partial charge in [-0.1, -0.05) is 55.9 Å².